The van der Waals surface area contributed by atoms with Gasteiger partial charge >= 0.3 is 0 Å². The highest BCUT2D eigenvalue weighted by Gasteiger charge is 2.03. The average molecular weight is 247 g/mol. The maximum Gasteiger partial charge on any atom is 0.123 e. The maximum absolute atomic E-state index is 13.0. The van der Waals surface area contributed by atoms with Gasteiger partial charge in [0.1, 0.15) is 5.82 Å². The van der Waals surface area contributed by atoms with Gasteiger partial charge in [0.15, 0.2) is 0 Å². The van der Waals surface area contributed by atoms with Gasteiger partial charge in [0.05, 0.1) is 0 Å². The Bertz CT molecular complexity index is 525. The number of rotatable bonds is 3. The molecule has 2 N–H and O–H groups in total. The van der Waals surface area contributed by atoms with Crippen molar-refractivity contribution in [1.82, 2.24) is 0 Å². The Kier molecular flexibility index (Phi) is 3.69. The van der Waals surface area contributed by atoms with Gasteiger partial charge in [-0.25, -0.2) is 4.39 Å². The number of nitrogen functional groups attached to an aromatic ring is 1. The van der Waals surface area contributed by atoms with E-state index in [1.165, 1.54) is 6.07 Å². The molecule has 2 aromatic rings. The van der Waals surface area contributed by atoms with E-state index in [0.717, 1.165) is 27.5 Å². The van der Waals surface area contributed by atoms with Crippen molar-refractivity contribution < 1.29 is 4.39 Å². The third kappa shape index (κ3) is 3.01. The molecule has 0 aliphatic carbocycles. The number of nitrogens with two attached hydrogens (primary N) is 1. The Balaban J connectivity index is 2.10. The monoisotopic (exact) mass is 247 g/mol. The normalized spacial score (nSPS) is 10.5. The molecule has 0 saturated heterocycles. The first-order chi connectivity index (χ1) is 8.16. The van der Waals surface area contributed by atoms with E-state index in [0.29, 0.717) is 0 Å². The summed E-state index contributed by atoms with van der Waals surface area (Å²) < 4.78 is 13.0. The SMILES string of the molecule is Cc1cccc(SCc2cccc(F)c2)c1N. The minimum Gasteiger partial charge on any atom is -0.398 e. The van der Waals surface area contributed by atoms with Crippen molar-refractivity contribution in [2.24, 2.45) is 0 Å². The molecule has 0 amide bonds. The minimum absolute atomic E-state index is 0.194. The van der Waals surface area contributed by atoms with Crippen molar-refractivity contribution in [3.05, 3.63) is 59.4 Å². The first kappa shape index (κ1) is 12.0. The fourth-order valence-corrected chi connectivity index (χ4v) is 2.56. The third-order valence-corrected chi connectivity index (χ3v) is 3.71. The van der Waals surface area contributed by atoms with E-state index < -0.39 is 0 Å². The summed E-state index contributed by atoms with van der Waals surface area (Å²) in [5.41, 5.74) is 8.84. The van der Waals surface area contributed by atoms with Crippen molar-refractivity contribution in [1.29, 1.82) is 0 Å². The Morgan fingerprint density at radius 1 is 1.18 bits per heavy atom. The Morgan fingerprint density at radius 2 is 1.94 bits per heavy atom. The zero-order valence-electron chi connectivity index (χ0n) is 9.61. The molecule has 0 aliphatic heterocycles. The summed E-state index contributed by atoms with van der Waals surface area (Å²) in [7, 11) is 0. The lowest BCUT2D eigenvalue weighted by Gasteiger charge is -2.07. The summed E-state index contributed by atoms with van der Waals surface area (Å²) in [5, 5.41) is 0. The first-order valence-electron chi connectivity index (χ1n) is 5.39. The van der Waals surface area contributed by atoms with E-state index in [2.05, 4.69) is 0 Å². The van der Waals surface area contributed by atoms with Crippen LogP contribution in [0.1, 0.15) is 11.1 Å². The van der Waals surface area contributed by atoms with Crippen LogP contribution >= 0.6 is 11.8 Å². The van der Waals surface area contributed by atoms with E-state index in [-0.39, 0.29) is 5.82 Å². The summed E-state index contributed by atoms with van der Waals surface area (Å²) in [5.74, 6) is 0.533. The fourth-order valence-electron chi connectivity index (χ4n) is 1.57. The second kappa shape index (κ2) is 5.23. The van der Waals surface area contributed by atoms with Crippen LogP contribution in [0.15, 0.2) is 47.4 Å². The van der Waals surface area contributed by atoms with Gasteiger partial charge in [0.25, 0.3) is 0 Å². The maximum atomic E-state index is 13.0. The Hall–Kier alpha value is -1.48. The third-order valence-electron chi connectivity index (χ3n) is 2.57. The molecule has 3 heteroatoms. The van der Waals surface area contributed by atoms with E-state index >= 15 is 0 Å². The molecule has 0 radical (unpaired) electrons. The van der Waals surface area contributed by atoms with Crippen molar-refractivity contribution in [2.45, 2.75) is 17.6 Å². The van der Waals surface area contributed by atoms with Gasteiger partial charge in [-0.3, -0.25) is 0 Å². The predicted molar refractivity (Wildman–Crippen MR) is 71.6 cm³/mol. The molecule has 0 bridgehead atoms. The van der Waals surface area contributed by atoms with Crippen LogP contribution in [-0.4, -0.2) is 0 Å². The topological polar surface area (TPSA) is 26.0 Å². The number of benzene rings is 2. The second-order valence-corrected chi connectivity index (χ2v) is 4.92. The highest BCUT2D eigenvalue weighted by molar-refractivity contribution is 7.98. The molecule has 17 heavy (non-hydrogen) atoms. The highest BCUT2D eigenvalue weighted by atomic mass is 32.2. The van der Waals surface area contributed by atoms with Crippen LogP contribution in [0.4, 0.5) is 10.1 Å². The molecule has 0 spiro atoms. The number of anilines is 1. The molecule has 88 valence electrons. The van der Waals surface area contributed by atoms with Gasteiger partial charge in [-0.1, -0.05) is 24.3 Å². The van der Waals surface area contributed by atoms with Gasteiger partial charge in [-0.2, -0.15) is 0 Å². The molecule has 2 rings (SSSR count). The second-order valence-electron chi connectivity index (χ2n) is 3.91. The van der Waals surface area contributed by atoms with Crippen molar-refractivity contribution >= 4 is 17.4 Å². The molecule has 0 fully saturated rings. The van der Waals surface area contributed by atoms with E-state index in [4.69, 9.17) is 5.73 Å². The van der Waals surface area contributed by atoms with Crippen molar-refractivity contribution in [3.8, 4) is 0 Å². The fraction of sp³-hybridized carbons (Fsp3) is 0.143. The smallest absolute Gasteiger partial charge is 0.123 e. The zero-order chi connectivity index (χ0) is 12.3. The number of thioether (sulfide) groups is 1. The summed E-state index contributed by atoms with van der Waals surface area (Å²) in [6.07, 6.45) is 0. The summed E-state index contributed by atoms with van der Waals surface area (Å²) in [4.78, 5) is 1.05. The van der Waals surface area contributed by atoms with Gasteiger partial charge in [-0.15, -0.1) is 11.8 Å². The molecule has 1 nitrogen and oxygen atoms in total. The quantitative estimate of drug-likeness (QED) is 0.655. The van der Waals surface area contributed by atoms with Crippen LogP contribution in [0.2, 0.25) is 0 Å². The van der Waals surface area contributed by atoms with Gasteiger partial charge in [0, 0.05) is 16.3 Å². The Labute approximate surface area is 105 Å². The first-order valence-corrected chi connectivity index (χ1v) is 6.37. The summed E-state index contributed by atoms with van der Waals surface area (Å²) >= 11 is 1.63. The lowest BCUT2D eigenvalue weighted by atomic mass is 10.2. The lowest BCUT2D eigenvalue weighted by Crippen LogP contribution is -1.92. The standard InChI is InChI=1S/C14H14FNS/c1-10-4-2-7-13(14(10)16)17-9-11-5-3-6-12(15)8-11/h2-8H,9,16H2,1H3. The van der Waals surface area contributed by atoms with Crippen molar-refractivity contribution in [2.75, 3.05) is 5.73 Å². The summed E-state index contributed by atoms with van der Waals surface area (Å²) in [6.45, 7) is 1.99. The van der Waals surface area contributed by atoms with Crippen LogP contribution in [0.25, 0.3) is 0 Å². The molecule has 0 unspecified atom stereocenters. The molecule has 0 aliphatic rings. The number of aryl methyl sites for hydroxylation is 1. The molecule has 2 aromatic carbocycles. The van der Waals surface area contributed by atoms with E-state index in [1.807, 2.05) is 31.2 Å². The number of para-hydroxylation sites is 1. The van der Waals surface area contributed by atoms with Crippen LogP contribution in [0, 0.1) is 12.7 Å². The number of hydrogen-bond acceptors (Lipinski definition) is 2. The molecule has 0 saturated carbocycles. The molecular formula is C14H14FNS. The van der Waals surface area contributed by atoms with E-state index in [1.54, 1.807) is 23.9 Å². The lowest BCUT2D eigenvalue weighted by molar-refractivity contribution is 0.626. The minimum atomic E-state index is -0.194. The largest absolute Gasteiger partial charge is 0.398 e. The molecular weight excluding hydrogens is 233 g/mol. The Morgan fingerprint density at radius 3 is 2.71 bits per heavy atom. The number of hydrogen-bond donors (Lipinski definition) is 1. The van der Waals surface area contributed by atoms with Crippen LogP contribution in [-0.2, 0) is 5.75 Å². The van der Waals surface area contributed by atoms with Crippen LogP contribution < -0.4 is 5.73 Å². The number of halogens is 1. The zero-order valence-corrected chi connectivity index (χ0v) is 10.4. The van der Waals surface area contributed by atoms with E-state index in [9.17, 15) is 4.39 Å². The predicted octanol–water partition coefficient (Wildman–Crippen LogP) is 4.01. The van der Waals surface area contributed by atoms with Gasteiger partial charge < -0.3 is 5.73 Å². The molecule has 0 aromatic heterocycles. The molecule has 0 heterocycles. The van der Waals surface area contributed by atoms with Crippen LogP contribution in [0.3, 0.4) is 0 Å². The summed E-state index contributed by atoms with van der Waals surface area (Å²) in [6, 6.07) is 12.6. The average Bonchev–Trinajstić information content (AvgIpc) is 2.31. The van der Waals surface area contributed by atoms with Gasteiger partial charge in [0.2, 0.25) is 0 Å². The highest BCUT2D eigenvalue weighted by Crippen LogP contribution is 2.30. The van der Waals surface area contributed by atoms with Crippen LogP contribution in [0.5, 0.6) is 0 Å². The van der Waals surface area contributed by atoms with Gasteiger partial charge in [-0.05, 0) is 36.2 Å². The molecule has 0 atom stereocenters. The van der Waals surface area contributed by atoms with Crippen molar-refractivity contribution in [3.63, 3.8) is 0 Å².